The molecule has 4 aromatic carbocycles. The van der Waals surface area contributed by atoms with Gasteiger partial charge in [0, 0.05) is 5.56 Å². The average molecular weight is 374 g/mol. The Labute approximate surface area is 158 Å². The molecule has 0 saturated heterocycles. The number of hydrogen-bond donors (Lipinski definition) is 1. The monoisotopic (exact) mass is 374 g/mol. The number of sulfone groups is 1. The van der Waals surface area contributed by atoms with E-state index in [1.165, 1.54) is 0 Å². The van der Waals surface area contributed by atoms with Crippen molar-refractivity contribution in [2.75, 3.05) is 0 Å². The number of hydrogen-bond acceptors (Lipinski definition) is 3. The standard InChI is InChI=1S/C23H18O3S/c24-20-14-12-18(13-15-20)22-10-3-4-11-23(22)27(25,26)16-19-8-5-7-17-6-1-2-9-21(17)19/h1-15,24H,16H2. The highest BCUT2D eigenvalue weighted by atomic mass is 32.2. The fraction of sp³-hybridized carbons (Fsp3) is 0.0435. The van der Waals surface area contributed by atoms with Crippen molar-refractivity contribution < 1.29 is 13.5 Å². The summed E-state index contributed by atoms with van der Waals surface area (Å²) in [4.78, 5) is 0.295. The molecule has 4 aromatic rings. The van der Waals surface area contributed by atoms with Crippen molar-refractivity contribution in [2.24, 2.45) is 0 Å². The molecule has 0 spiro atoms. The lowest BCUT2D eigenvalue weighted by Crippen LogP contribution is -2.07. The molecule has 27 heavy (non-hydrogen) atoms. The minimum Gasteiger partial charge on any atom is -0.508 e. The lowest BCUT2D eigenvalue weighted by Gasteiger charge is -2.12. The third-order valence-electron chi connectivity index (χ3n) is 4.63. The fourth-order valence-corrected chi connectivity index (χ4v) is 4.94. The Bertz CT molecular complexity index is 1200. The van der Waals surface area contributed by atoms with Gasteiger partial charge in [-0.25, -0.2) is 8.42 Å². The van der Waals surface area contributed by atoms with E-state index in [-0.39, 0.29) is 11.5 Å². The van der Waals surface area contributed by atoms with Crippen molar-refractivity contribution in [2.45, 2.75) is 10.6 Å². The van der Waals surface area contributed by atoms with Gasteiger partial charge in [-0.15, -0.1) is 0 Å². The normalized spacial score (nSPS) is 11.6. The van der Waals surface area contributed by atoms with E-state index in [9.17, 15) is 13.5 Å². The van der Waals surface area contributed by atoms with E-state index < -0.39 is 9.84 Å². The van der Waals surface area contributed by atoms with E-state index in [4.69, 9.17) is 0 Å². The van der Waals surface area contributed by atoms with E-state index in [0.29, 0.717) is 10.5 Å². The van der Waals surface area contributed by atoms with E-state index >= 15 is 0 Å². The zero-order valence-electron chi connectivity index (χ0n) is 14.5. The molecule has 0 fully saturated rings. The molecule has 0 heterocycles. The Hall–Kier alpha value is -3.11. The Morgan fingerprint density at radius 2 is 1.37 bits per heavy atom. The highest BCUT2D eigenvalue weighted by Gasteiger charge is 2.21. The second-order valence-corrected chi connectivity index (χ2v) is 8.40. The zero-order chi connectivity index (χ0) is 18.9. The van der Waals surface area contributed by atoms with Gasteiger partial charge in [-0.2, -0.15) is 0 Å². The molecule has 0 aliphatic carbocycles. The molecular weight excluding hydrogens is 356 g/mol. The van der Waals surface area contributed by atoms with Crippen LogP contribution in [-0.2, 0) is 15.6 Å². The number of benzene rings is 4. The summed E-state index contributed by atoms with van der Waals surface area (Å²) in [5.41, 5.74) is 2.18. The van der Waals surface area contributed by atoms with Crippen LogP contribution < -0.4 is 0 Å². The summed E-state index contributed by atoms with van der Waals surface area (Å²) < 4.78 is 26.5. The van der Waals surface area contributed by atoms with Crippen LogP contribution in [0.25, 0.3) is 21.9 Å². The largest absolute Gasteiger partial charge is 0.508 e. The highest BCUT2D eigenvalue weighted by molar-refractivity contribution is 7.90. The van der Waals surface area contributed by atoms with Gasteiger partial charge in [-0.05, 0) is 40.1 Å². The summed E-state index contributed by atoms with van der Waals surface area (Å²) in [6, 6.07) is 27.1. The lowest BCUT2D eigenvalue weighted by atomic mass is 10.1. The molecule has 0 aliphatic heterocycles. The van der Waals surface area contributed by atoms with E-state index in [0.717, 1.165) is 21.9 Å². The Balaban J connectivity index is 1.80. The van der Waals surface area contributed by atoms with Crippen LogP contribution in [0.1, 0.15) is 5.56 Å². The van der Waals surface area contributed by atoms with Gasteiger partial charge in [0.2, 0.25) is 0 Å². The quantitative estimate of drug-likeness (QED) is 0.535. The van der Waals surface area contributed by atoms with Gasteiger partial charge in [0.05, 0.1) is 10.6 Å². The smallest absolute Gasteiger partial charge is 0.183 e. The van der Waals surface area contributed by atoms with Crippen molar-refractivity contribution in [3.63, 3.8) is 0 Å². The molecule has 0 radical (unpaired) electrons. The van der Waals surface area contributed by atoms with Crippen LogP contribution in [0.4, 0.5) is 0 Å². The van der Waals surface area contributed by atoms with Crippen LogP contribution in [0.2, 0.25) is 0 Å². The topological polar surface area (TPSA) is 54.4 Å². The number of phenols is 1. The number of phenolic OH excluding ortho intramolecular Hbond substituents is 1. The summed E-state index contributed by atoms with van der Waals surface area (Å²) in [5, 5.41) is 11.5. The molecule has 134 valence electrons. The predicted molar refractivity (Wildman–Crippen MR) is 108 cm³/mol. The molecule has 4 rings (SSSR count). The first-order valence-electron chi connectivity index (χ1n) is 8.62. The van der Waals surface area contributed by atoms with Crippen LogP contribution >= 0.6 is 0 Å². The first-order valence-corrected chi connectivity index (χ1v) is 10.3. The summed E-state index contributed by atoms with van der Waals surface area (Å²) >= 11 is 0. The number of fused-ring (bicyclic) bond motifs is 1. The summed E-state index contributed by atoms with van der Waals surface area (Å²) in [6.07, 6.45) is 0. The van der Waals surface area contributed by atoms with E-state index in [1.54, 1.807) is 42.5 Å². The number of rotatable bonds is 4. The Morgan fingerprint density at radius 3 is 2.19 bits per heavy atom. The van der Waals surface area contributed by atoms with Gasteiger partial charge < -0.3 is 5.11 Å². The average Bonchev–Trinajstić information content (AvgIpc) is 2.69. The molecule has 0 aromatic heterocycles. The summed E-state index contributed by atoms with van der Waals surface area (Å²) in [6.45, 7) is 0. The van der Waals surface area contributed by atoms with Crippen LogP contribution in [0, 0.1) is 0 Å². The molecule has 0 atom stereocenters. The minimum absolute atomic E-state index is 0.0660. The van der Waals surface area contributed by atoms with Crippen LogP contribution in [-0.4, -0.2) is 13.5 Å². The molecule has 0 bridgehead atoms. The SMILES string of the molecule is O=S(=O)(Cc1cccc2ccccc12)c1ccccc1-c1ccc(O)cc1. The Morgan fingerprint density at radius 1 is 0.704 bits per heavy atom. The third kappa shape index (κ3) is 3.44. The van der Waals surface area contributed by atoms with Gasteiger partial charge in [-0.1, -0.05) is 72.8 Å². The first kappa shape index (κ1) is 17.3. The molecule has 0 saturated carbocycles. The molecule has 0 unspecified atom stereocenters. The molecule has 3 nitrogen and oxygen atoms in total. The van der Waals surface area contributed by atoms with Gasteiger partial charge >= 0.3 is 0 Å². The van der Waals surface area contributed by atoms with Crippen molar-refractivity contribution in [3.8, 4) is 16.9 Å². The van der Waals surface area contributed by atoms with E-state index in [1.807, 2.05) is 48.5 Å². The van der Waals surface area contributed by atoms with Crippen LogP contribution in [0.3, 0.4) is 0 Å². The predicted octanol–water partition coefficient (Wildman–Crippen LogP) is 5.19. The van der Waals surface area contributed by atoms with Crippen molar-refractivity contribution >= 4 is 20.6 Å². The second-order valence-electron chi connectivity index (χ2n) is 6.44. The van der Waals surface area contributed by atoms with E-state index in [2.05, 4.69) is 0 Å². The summed E-state index contributed by atoms with van der Waals surface area (Å²) in [7, 11) is -3.56. The first-order chi connectivity index (χ1) is 13.0. The maximum absolute atomic E-state index is 13.3. The molecule has 1 N–H and O–H groups in total. The highest BCUT2D eigenvalue weighted by Crippen LogP contribution is 2.31. The molecule has 0 aliphatic rings. The minimum atomic E-state index is -3.56. The van der Waals surface area contributed by atoms with Gasteiger partial charge in [0.25, 0.3) is 0 Å². The molecule has 0 amide bonds. The Kier molecular flexibility index (Phi) is 4.42. The van der Waals surface area contributed by atoms with Crippen LogP contribution in [0.15, 0.2) is 95.9 Å². The summed E-state index contributed by atoms with van der Waals surface area (Å²) in [5.74, 6) is 0.0820. The lowest BCUT2D eigenvalue weighted by molar-refractivity contribution is 0.475. The van der Waals surface area contributed by atoms with Crippen molar-refractivity contribution in [3.05, 3.63) is 96.6 Å². The maximum atomic E-state index is 13.3. The van der Waals surface area contributed by atoms with Crippen LogP contribution in [0.5, 0.6) is 5.75 Å². The molecule has 4 heteroatoms. The van der Waals surface area contributed by atoms with Gasteiger partial charge in [-0.3, -0.25) is 0 Å². The fourth-order valence-electron chi connectivity index (χ4n) is 3.32. The van der Waals surface area contributed by atoms with Crippen molar-refractivity contribution in [1.82, 2.24) is 0 Å². The van der Waals surface area contributed by atoms with Gasteiger partial charge in [0.1, 0.15) is 5.75 Å². The van der Waals surface area contributed by atoms with Crippen molar-refractivity contribution in [1.29, 1.82) is 0 Å². The van der Waals surface area contributed by atoms with Gasteiger partial charge in [0.15, 0.2) is 9.84 Å². The maximum Gasteiger partial charge on any atom is 0.183 e. The number of aromatic hydroxyl groups is 1. The zero-order valence-corrected chi connectivity index (χ0v) is 15.4. The second kappa shape index (κ2) is 6.89. The third-order valence-corrected chi connectivity index (χ3v) is 6.34. The molecular formula is C23H18O3S.